The largest absolute Gasteiger partial charge is 0.481 e. The lowest BCUT2D eigenvalue weighted by Gasteiger charge is -2.39. The van der Waals surface area contributed by atoms with E-state index in [1.54, 1.807) is 0 Å². The molecular weight excluding hydrogens is 290 g/mol. The summed E-state index contributed by atoms with van der Waals surface area (Å²) in [6, 6.07) is 2.56. The number of aromatic amines is 1. The van der Waals surface area contributed by atoms with E-state index in [1.165, 1.54) is 24.1 Å². The number of aliphatic carboxylic acids is 1. The molecule has 1 amide bonds. The van der Waals surface area contributed by atoms with Gasteiger partial charge in [0, 0.05) is 32.9 Å². The van der Waals surface area contributed by atoms with Gasteiger partial charge in [-0.1, -0.05) is 0 Å². The van der Waals surface area contributed by atoms with Crippen LogP contribution < -0.4 is 5.56 Å². The zero-order chi connectivity index (χ0) is 16.2. The maximum absolute atomic E-state index is 12.4. The van der Waals surface area contributed by atoms with Crippen molar-refractivity contribution >= 4 is 11.9 Å². The first-order valence-electron chi connectivity index (χ1n) is 7.06. The monoisotopic (exact) mass is 309 g/mol. The Labute approximate surface area is 127 Å². The maximum Gasteiger partial charge on any atom is 0.311 e. The lowest BCUT2D eigenvalue weighted by atomic mass is 9.77. The van der Waals surface area contributed by atoms with E-state index < -0.39 is 16.9 Å². The summed E-state index contributed by atoms with van der Waals surface area (Å²) in [7, 11) is 1.52. The van der Waals surface area contributed by atoms with Crippen molar-refractivity contribution in [2.24, 2.45) is 5.41 Å². The number of nitrogens with one attached hydrogen (secondary N) is 1. The van der Waals surface area contributed by atoms with Crippen LogP contribution in [0, 0.1) is 5.41 Å². The van der Waals surface area contributed by atoms with Gasteiger partial charge in [-0.3, -0.25) is 14.4 Å². The van der Waals surface area contributed by atoms with Crippen molar-refractivity contribution < 1.29 is 19.4 Å². The van der Waals surface area contributed by atoms with E-state index in [9.17, 15) is 19.5 Å². The number of carbonyl (C=O) groups is 2. The summed E-state index contributed by atoms with van der Waals surface area (Å²) >= 11 is 0. The van der Waals surface area contributed by atoms with Crippen LogP contribution in [0.3, 0.4) is 0 Å². The molecule has 0 spiro atoms. The molecule has 1 unspecified atom stereocenters. The summed E-state index contributed by atoms with van der Waals surface area (Å²) in [4.78, 5) is 36.6. The first kappa shape index (κ1) is 16.2. The number of ether oxygens (including phenoxy) is 1. The Morgan fingerprint density at radius 3 is 2.86 bits per heavy atom. The highest BCUT2D eigenvalue weighted by molar-refractivity contribution is 5.92. The van der Waals surface area contributed by atoms with E-state index >= 15 is 0 Å². The number of nitrogens with zero attached hydrogens (tertiary/aromatic N) is 2. The molecule has 1 atom stereocenters. The number of H-pyrrole nitrogens is 1. The van der Waals surface area contributed by atoms with Crippen molar-refractivity contribution in [2.45, 2.75) is 19.3 Å². The van der Waals surface area contributed by atoms with Gasteiger partial charge in [0.05, 0.1) is 5.41 Å². The number of carboxylic acids is 1. The van der Waals surface area contributed by atoms with Gasteiger partial charge in [0.15, 0.2) is 0 Å². The van der Waals surface area contributed by atoms with Gasteiger partial charge in [-0.2, -0.15) is 5.10 Å². The molecule has 2 rings (SSSR count). The Balaban J connectivity index is 2.17. The molecule has 0 aliphatic carbocycles. The highest BCUT2D eigenvalue weighted by Gasteiger charge is 2.43. The molecule has 1 saturated heterocycles. The van der Waals surface area contributed by atoms with Gasteiger partial charge in [-0.15, -0.1) is 0 Å². The minimum atomic E-state index is -0.994. The molecule has 1 aliphatic heterocycles. The van der Waals surface area contributed by atoms with E-state index in [4.69, 9.17) is 4.74 Å². The van der Waals surface area contributed by atoms with Crippen LogP contribution in [0.5, 0.6) is 0 Å². The number of likely N-dealkylation sites (tertiary alicyclic amines) is 1. The van der Waals surface area contributed by atoms with Crippen LogP contribution in [0.4, 0.5) is 0 Å². The topological polar surface area (TPSA) is 113 Å². The van der Waals surface area contributed by atoms with Crippen LogP contribution >= 0.6 is 0 Å². The van der Waals surface area contributed by atoms with Gasteiger partial charge in [-0.05, 0) is 25.3 Å². The molecule has 0 aromatic carbocycles. The number of carbonyl (C=O) groups excluding carboxylic acids is 1. The van der Waals surface area contributed by atoms with Crippen LogP contribution in [0.2, 0.25) is 0 Å². The first-order valence-corrected chi connectivity index (χ1v) is 7.06. The SMILES string of the molecule is COCCC1(C(=O)O)CCCN(C(=O)c2ccc(=O)[nH]n2)C1. The smallest absolute Gasteiger partial charge is 0.311 e. The second kappa shape index (κ2) is 6.69. The predicted molar refractivity (Wildman–Crippen MR) is 76.6 cm³/mol. The van der Waals surface area contributed by atoms with Gasteiger partial charge < -0.3 is 14.7 Å². The molecule has 1 aliphatic rings. The summed E-state index contributed by atoms with van der Waals surface area (Å²) < 4.78 is 4.99. The summed E-state index contributed by atoms with van der Waals surface area (Å²) in [6.07, 6.45) is 1.46. The molecule has 120 valence electrons. The molecule has 1 aromatic rings. The van der Waals surface area contributed by atoms with Crippen LogP contribution in [-0.2, 0) is 9.53 Å². The minimum Gasteiger partial charge on any atom is -0.481 e. The van der Waals surface area contributed by atoms with E-state index in [1.807, 2.05) is 0 Å². The lowest BCUT2D eigenvalue weighted by Crippen LogP contribution is -2.50. The van der Waals surface area contributed by atoms with Crippen LogP contribution in [0.15, 0.2) is 16.9 Å². The summed E-state index contributed by atoms with van der Waals surface area (Å²) in [5, 5.41) is 15.5. The molecule has 0 bridgehead atoms. The number of hydrogen-bond acceptors (Lipinski definition) is 5. The van der Waals surface area contributed by atoms with E-state index in [0.717, 1.165) is 0 Å². The summed E-state index contributed by atoms with van der Waals surface area (Å²) in [5.74, 6) is -1.30. The van der Waals surface area contributed by atoms with Crippen molar-refractivity contribution in [3.63, 3.8) is 0 Å². The van der Waals surface area contributed by atoms with Crippen molar-refractivity contribution in [3.05, 3.63) is 28.2 Å². The quantitative estimate of drug-likeness (QED) is 0.798. The third-order valence-corrected chi connectivity index (χ3v) is 4.00. The van der Waals surface area contributed by atoms with Crippen LogP contribution in [0.25, 0.3) is 0 Å². The second-order valence-electron chi connectivity index (χ2n) is 5.46. The number of carboxylic acid groups (broad SMARTS) is 1. The van der Waals surface area contributed by atoms with Crippen molar-refractivity contribution in [1.82, 2.24) is 15.1 Å². The summed E-state index contributed by atoms with van der Waals surface area (Å²) in [5.41, 5.74) is -1.28. The number of piperidine rings is 1. The zero-order valence-corrected chi connectivity index (χ0v) is 12.4. The standard InChI is InChI=1S/C14H19N3O5/c1-22-8-6-14(13(20)21)5-2-7-17(9-14)12(19)10-3-4-11(18)16-15-10/h3-4H,2,5-9H2,1H3,(H,16,18)(H,20,21). The van der Waals surface area contributed by atoms with E-state index in [2.05, 4.69) is 10.2 Å². The normalized spacial score (nSPS) is 21.6. The number of methoxy groups -OCH3 is 1. The molecule has 1 fully saturated rings. The Morgan fingerprint density at radius 1 is 1.50 bits per heavy atom. The number of amides is 1. The predicted octanol–water partition coefficient (Wildman–Crippen LogP) is 0.113. The number of hydrogen-bond donors (Lipinski definition) is 2. The van der Waals surface area contributed by atoms with Gasteiger partial charge in [-0.25, -0.2) is 5.10 Å². The molecule has 2 N–H and O–H groups in total. The van der Waals surface area contributed by atoms with Crippen molar-refractivity contribution in [3.8, 4) is 0 Å². The maximum atomic E-state index is 12.4. The molecule has 0 radical (unpaired) electrons. The molecule has 22 heavy (non-hydrogen) atoms. The molecule has 8 nitrogen and oxygen atoms in total. The first-order chi connectivity index (χ1) is 10.5. The Hall–Kier alpha value is -2.22. The zero-order valence-electron chi connectivity index (χ0n) is 12.4. The van der Waals surface area contributed by atoms with Gasteiger partial charge in [0.2, 0.25) is 0 Å². The average molecular weight is 309 g/mol. The third-order valence-electron chi connectivity index (χ3n) is 4.00. The van der Waals surface area contributed by atoms with Gasteiger partial charge >= 0.3 is 5.97 Å². The summed E-state index contributed by atoms with van der Waals surface area (Å²) in [6.45, 7) is 0.915. The molecule has 0 saturated carbocycles. The van der Waals surface area contributed by atoms with Gasteiger partial charge in [0.25, 0.3) is 11.5 Å². The van der Waals surface area contributed by atoms with Crippen molar-refractivity contribution in [1.29, 1.82) is 0 Å². The number of aromatic nitrogens is 2. The highest BCUT2D eigenvalue weighted by Crippen LogP contribution is 2.34. The van der Waals surface area contributed by atoms with Gasteiger partial charge in [0.1, 0.15) is 5.69 Å². The fourth-order valence-corrected chi connectivity index (χ4v) is 2.71. The fourth-order valence-electron chi connectivity index (χ4n) is 2.71. The highest BCUT2D eigenvalue weighted by atomic mass is 16.5. The fraction of sp³-hybridized carbons (Fsp3) is 0.571. The van der Waals surface area contributed by atoms with E-state index in [0.29, 0.717) is 32.4 Å². The Morgan fingerprint density at radius 2 is 2.27 bits per heavy atom. The number of rotatable bonds is 5. The van der Waals surface area contributed by atoms with Crippen molar-refractivity contribution in [2.75, 3.05) is 26.8 Å². The molecule has 2 heterocycles. The minimum absolute atomic E-state index is 0.104. The van der Waals surface area contributed by atoms with Crippen LogP contribution in [-0.4, -0.2) is 58.9 Å². The third kappa shape index (κ3) is 3.33. The molecule has 1 aromatic heterocycles. The van der Waals surface area contributed by atoms with E-state index in [-0.39, 0.29) is 18.1 Å². The Bertz CT molecular complexity index is 594. The second-order valence-corrected chi connectivity index (χ2v) is 5.46. The molecule has 8 heteroatoms. The van der Waals surface area contributed by atoms with Crippen LogP contribution in [0.1, 0.15) is 29.8 Å². The molecular formula is C14H19N3O5. The average Bonchev–Trinajstić information content (AvgIpc) is 2.53. The lowest BCUT2D eigenvalue weighted by molar-refractivity contribution is -0.153. The Kier molecular flexibility index (Phi) is 4.92.